The van der Waals surface area contributed by atoms with Crippen LogP contribution in [0.3, 0.4) is 0 Å². The highest BCUT2D eigenvalue weighted by Crippen LogP contribution is 2.44. The Hall–Kier alpha value is -2.08. The van der Waals surface area contributed by atoms with Crippen molar-refractivity contribution in [3.63, 3.8) is 0 Å². The maximum Gasteiger partial charge on any atom is 0.344 e. The van der Waals surface area contributed by atoms with Crippen LogP contribution in [-0.4, -0.2) is 23.6 Å². The van der Waals surface area contributed by atoms with Gasteiger partial charge in [0, 0.05) is 22.1 Å². The van der Waals surface area contributed by atoms with Crippen molar-refractivity contribution >= 4 is 11.8 Å². The summed E-state index contributed by atoms with van der Waals surface area (Å²) in [4.78, 5) is 13.0. The van der Waals surface area contributed by atoms with Crippen molar-refractivity contribution in [2.75, 3.05) is 13.2 Å². The third-order valence-corrected chi connectivity index (χ3v) is 7.32. The van der Waals surface area contributed by atoms with Crippen molar-refractivity contribution in [3.8, 4) is 28.6 Å². The largest absolute Gasteiger partial charge is 0.507 e. The average molecular weight is 431 g/mol. The predicted octanol–water partition coefficient (Wildman–Crippen LogP) is 5.94. The molecule has 5 nitrogen and oxygen atoms in total. The zero-order valence-corrected chi connectivity index (χ0v) is 18.5. The first-order valence-corrected chi connectivity index (χ1v) is 11.9. The Morgan fingerprint density at radius 1 is 1.07 bits per heavy atom. The molecule has 2 heterocycles. The molecule has 6 heteroatoms. The highest BCUT2D eigenvalue weighted by molar-refractivity contribution is 8.00. The van der Waals surface area contributed by atoms with Crippen molar-refractivity contribution in [2.24, 2.45) is 5.92 Å². The van der Waals surface area contributed by atoms with Crippen LogP contribution in [0.5, 0.6) is 17.2 Å². The lowest BCUT2D eigenvalue weighted by molar-refractivity contribution is 0.171. The molecule has 1 aliphatic heterocycles. The molecule has 0 radical (unpaired) electrons. The van der Waals surface area contributed by atoms with Gasteiger partial charge in [0.25, 0.3) is 0 Å². The molecule has 1 aromatic heterocycles. The minimum absolute atomic E-state index is 0.0186. The van der Waals surface area contributed by atoms with E-state index in [0.717, 1.165) is 6.42 Å². The van der Waals surface area contributed by atoms with E-state index in [0.29, 0.717) is 52.8 Å². The smallest absolute Gasteiger partial charge is 0.344 e. The fraction of sp³-hybridized carbons (Fsp3) is 0.542. The maximum atomic E-state index is 13.0. The Balaban J connectivity index is 1.64. The van der Waals surface area contributed by atoms with Crippen LogP contribution in [0.25, 0.3) is 11.3 Å². The van der Waals surface area contributed by atoms with Gasteiger partial charge in [0.15, 0.2) is 11.5 Å². The number of aromatic hydroxyl groups is 1. The van der Waals surface area contributed by atoms with Gasteiger partial charge in [-0.1, -0.05) is 33.1 Å². The highest BCUT2D eigenvalue weighted by atomic mass is 32.2. The van der Waals surface area contributed by atoms with Crippen LogP contribution in [0.1, 0.15) is 63.2 Å². The Morgan fingerprint density at radius 3 is 2.50 bits per heavy atom. The van der Waals surface area contributed by atoms with Crippen LogP contribution in [-0.2, 0) is 0 Å². The molecule has 0 spiro atoms. The number of ether oxygens (including phenoxy) is 2. The minimum Gasteiger partial charge on any atom is -0.507 e. The molecule has 1 aromatic carbocycles. The zero-order valence-electron chi connectivity index (χ0n) is 17.7. The summed E-state index contributed by atoms with van der Waals surface area (Å²) in [6.07, 6.45) is 6.99. The van der Waals surface area contributed by atoms with E-state index in [-0.39, 0.29) is 11.0 Å². The molecular formula is C24H30O5S. The molecular weight excluding hydrogens is 400 g/mol. The summed E-state index contributed by atoms with van der Waals surface area (Å²) in [5, 5.41) is 11.3. The summed E-state index contributed by atoms with van der Waals surface area (Å²) >= 11 is 1.84. The number of rotatable bonds is 6. The van der Waals surface area contributed by atoms with E-state index in [1.54, 1.807) is 18.2 Å². The third kappa shape index (κ3) is 4.80. The lowest BCUT2D eigenvalue weighted by atomic mass is 10.0. The van der Waals surface area contributed by atoms with E-state index in [1.165, 1.54) is 32.1 Å². The number of hydrogen-bond acceptors (Lipinski definition) is 6. The molecule has 2 aromatic rings. The number of fused-ring (bicyclic) bond motifs is 1. The zero-order chi connectivity index (χ0) is 21.1. The van der Waals surface area contributed by atoms with Crippen molar-refractivity contribution in [1.29, 1.82) is 0 Å². The van der Waals surface area contributed by atoms with E-state index in [4.69, 9.17) is 13.9 Å². The molecule has 30 heavy (non-hydrogen) atoms. The summed E-state index contributed by atoms with van der Waals surface area (Å²) in [5.41, 5.74) is 0.632. The molecule has 1 fully saturated rings. The van der Waals surface area contributed by atoms with Crippen LogP contribution in [0.2, 0.25) is 0 Å². The van der Waals surface area contributed by atoms with Gasteiger partial charge in [-0.3, -0.25) is 0 Å². The number of benzene rings is 1. The topological polar surface area (TPSA) is 68.9 Å². The van der Waals surface area contributed by atoms with E-state index in [1.807, 2.05) is 17.8 Å². The highest BCUT2D eigenvalue weighted by Gasteiger charge is 2.27. The second kappa shape index (κ2) is 9.38. The minimum atomic E-state index is -0.450. The summed E-state index contributed by atoms with van der Waals surface area (Å²) in [7, 11) is 0. The molecule has 1 aliphatic carbocycles. The first kappa shape index (κ1) is 21.2. The molecule has 2 aliphatic rings. The molecule has 4 rings (SSSR count). The first-order chi connectivity index (χ1) is 14.5. The molecule has 0 saturated heterocycles. The molecule has 0 amide bonds. The quantitative estimate of drug-likeness (QED) is 0.612. The Labute approximate surface area is 181 Å². The molecule has 162 valence electrons. The van der Waals surface area contributed by atoms with Gasteiger partial charge in [-0.2, -0.15) is 0 Å². The van der Waals surface area contributed by atoms with Crippen LogP contribution in [0, 0.1) is 5.92 Å². The van der Waals surface area contributed by atoms with Crippen molar-refractivity contribution < 1.29 is 19.0 Å². The van der Waals surface area contributed by atoms with Gasteiger partial charge in [-0.15, -0.1) is 11.8 Å². The Morgan fingerprint density at radius 2 is 1.80 bits per heavy atom. The molecule has 1 unspecified atom stereocenters. The van der Waals surface area contributed by atoms with Crippen molar-refractivity contribution in [3.05, 3.63) is 40.2 Å². The van der Waals surface area contributed by atoms with E-state index < -0.39 is 5.63 Å². The average Bonchev–Trinajstić information content (AvgIpc) is 2.73. The summed E-state index contributed by atoms with van der Waals surface area (Å²) in [6.45, 7) is 5.31. The van der Waals surface area contributed by atoms with Crippen LogP contribution < -0.4 is 15.1 Å². The third-order valence-electron chi connectivity index (χ3n) is 5.71. The van der Waals surface area contributed by atoms with Gasteiger partial charge in [0.2, 0.25) is 0 Å². The molecule has 1 N–H and O–H groups in total. The van der Waals surface area contributed by atoms with Gasteiger partial charge in [0.1, 0.15) is 24.7 Å². The molecule has 1 saturated carbocycles. The SMILES string of the molecule is CC(C)CC(SC1CCCCC1)c1c(O)cc(-c2ccc3c(c2)OCCO3)oc1=O. The number of hydrogen-bond donors (Lipinski definition) is 1. The van der Waals surface area contributed by atoms with Gasteiger partial charge >= 0.3 is 5.63 Å². The van der Waals surface area contributed by atoms with Crippen LogP contribution in [0.15, 0.2) is 33.5 Å². The summed E-state index contributed by atoms with van der Waals surface area (Å²) in [6, 6.07) is 6.97. The molecule has 1 atom stereocenters. The van der Waals surface area contributed by atoms with Gasteiger partial charge < -0.3 is 19.0 Å². The van der Waals surface area contributed by atoms with E-state index in [2.05, 4.69) is 13.8 Å². The van der Waals surface area contributed by atoms with Gasteiger partial charge in [-0.05, 0) is 43.4 Å². The van der Waals surface area contributed by atoms with Crippen LogP contribution >= 0.6 is 11.8 Å². The van der Waals surface area contributed by atoms with Crippen molar-refractivity contribution in [1.82, 2.24) is 0 Å². The Kier molecular flexibility index (Phi) is 6.61. The Bertz CT molecular complexity index is 930. The molecule has 0 bridgehead atoms. The van der Waals surface area contributed by atoms with Gasteiger partial charge in [-0.25, -0.2) is 4.79 Å². The fourth-order valence-electron chi connectivity index (χ4n) is 4.23. The maximum absolute atomic E-state index is 13.0. The summed E-state index contributed by atoms with van der Waals surface area (Å²) in [5.74, 6) is 2.07. The first-order valence-electron chi connectivity index (χ1n) is 10.9. The lowest BCUT2D eigenvalue weighted by Gasteiger charge is -2.27. The predicted molar refractivity (Wildman–Crippen MR) is 120 cm³/mol. The van der Waals surface area contributed by atoms with E-state index >= 15 is 0 Å². The lowest BCUT2D eigenvalue weighted by Crippen LogP contribution is -2.17. The van der Waals surface area contributed by atoms with E-state index in [9.17, 15) is 9.90 Å². The summed E-state index contributed by atoms with van der Waals surface area (Å²) < 4.78 is 16.9. The second-order valence-corrected chi connectivity index (χ2v) is 10.1. The number of thioether (sulfide) groups is 1. The monoisotopic (exact) mass is 430 g/mol. The fourth-order valence-corrected chi connectivity index (χ4v) is 6.15. The van der Waals surface area contributed by atoms with Gasteiger partial charge in [0.05, 0.1) is 5.56 Å². The second-order valence-electron chi connectivity index (χ2n) is 8.57. The van der Waals surface area contributed by atoms with Crippen molar-refractivity contribution in [2.45, 2.75) is 62.9 Å². The van der Waals surface area contributed by atoms with Crippen LogP contribution in [0.4, 0.5) is 0 Å². The standard InChI is InChI=1S/C24H30O5S/c1-15(2)12-22(30-17-6-4-3-5-7-17)23-18(25)14-20(29-24(23)26)16-8-9-19-21(13-16)28-11-10-27-19/h8-9,13-15,17,22,25H,3-7,10-12H2,1-2H3. The normalized spacial score (nSPS) is 17.8.